The van der Waals surface area contributed by atoms with Gasteiger partial charge in [0.1, 0.15) is 5.82 Å². The molecule has 0 aliphatic heterocycles. The topological polar surface area (TPSA) is 49.0 Å². The zero-order chi connectivity index (χ0) is 14.0. The molecule has 6 heteroatoms. The molecule has 4 nitrogen and oxygen atoms in total. The summed E-state index contributed by atoms with van der Waals surface area (Å²) in [4.78, 5) is 10.0. The average molecular weight is 300 g/mol. The first-order valence-corrected chi connectivity index (χ1v) is 8.23. The second-order valence-corrected chi connectivity index (χ2v) is 6.71. The molecule has 2 rings (SSSR count). The van der Waals surface area contributed by atoms with Crippen LogP contribution in [0.1, 0.15) is 18.8 Å². The summed E-state index contributed by atoms with van der Waals surface area (Å²) in [6.07, 6.45) is 1.72. The van der Waals surface area contributed by atoms with Crippen molar-refractivity contribution >= 4 is 33.4 Å². The zero-order valence-electron chi connectivity index (χ0n) is 11.3. The summed E-state index contributed by atoms with van der Waals surface area (Å²) in [5.41, 5.74) is 1.86. The van der Waals surface area contributed by atoms with E-state index in [1.54, 1.807) is 6.26 Å². The van der Waals surface area contributed by atoms with Crippen molar-refractivity contribution in [1.82, 2.24) is 14.9 Å². The predicted molar refractivity (Wildman–Crippen MR) is 81.1 cm³/mol. The van der Waals surface area contributed by atoms with E-state index in [0.29, 0.717) is 10.8 Å². The summed E-state index contributed by atoms with van der Waals surface area (Å²) in [7, 11) is 1.24. The highest BCUT2D eigenvalue weighted by molar-refractivity contribution is 7.84. The predicted octanol–water partition coefficient (Wildman–Crippen LogP) is 2.59. The molecule has 1 N–H and O–H groups in total. The minimum atomic E-state index is -0.767. The van der Waals surface area contributed by atoms with Crippen LogP contribution in [0.25, 0.3) is 11.0 Å². The maximum Gasteiger partial charge on any atom is 0.124 e. The number of fused-ring (bicyclic) bond motifs is 1. The summed E-state index contributed by atoms with van der Waals surface area (Å²) in [6, 6.07) is 5.77. The fraction of sp³-hybridized carbons (Fsp3) is 0.462. The molecule has 0 aliphatic carbocycles. The molecule has 2 unspecified atom stereocenters. The molecular weight excluding hydrogens is 282 g/mol. The largest absolute Gasteiger partial charge is 0.341 e. The number of aromatic amines is 1. The van der Waals surface area contributed by atoms with E-state index in [2.05, 4.69) is 21.8 Å². The highest BCUT2D eigenvalue weighted by atomic mass is 35.5. The number of H-pyrrole nitrogens is 1. The standard InChI is InChI=1S/C13H18ClN3OS/c1-9(17(2)6-7-19(3)18)13-15-11-5-4-10(14)8-12(11)16-13/h4-5,8-9H,6-7H2,1-3H3,(H,15,16). The molecular formula is C13H18ClN3OS. The third-order valence-corrected chi connectivity index (χ3v) is 4.24. The Morgan fingerprint density at radius 2 is 2.26 bits per heavy atom. The number of hydrogen-bond donors (Lipinski definition) is 1. The fourth-order valence-corrected chi connectivity index (χ4v) is 2.59. The monoisotopic (exact) mass is 299 g/mol. The Balaban J connectivity index is 2.16. The summed E-state index contributed by atoms with van der Waals surface area (Å²) in [5.74, 6) is 1.58. The number of imidazole rings is 1. The van der Waals surface area contributed by atoms with Gasteiger partial charge in [-0.15, -0.1) is 0 Å². The van der Waals surface area contributed by atoms with Gasteiger partial charge in [-0.3, -0.25) is 9.11 Å². The molecule has 0 spiro atoms. The van der Waals surface area contributed by atoms with E-state index >= 15 is 0 Å². The normalized spacial score (nSPS) is 15.0. The maximum absolute atomic E-state index is 11.1. The zero-order valence-corrected chi connectivity index (χ0v) is 12.9. The first-order valence-electron chi connectivity index (χ1n) is 6.13. The van der Waals surface area contributed by atoms with Crippen LogP contribution >= 0.6 is 11.6 Å². The molecule has 0 amide bonds. The smallest absolute Gasteiger partial charge is 0.124 e. The van der Waals surface area contributed by atoms with E-state index in [-0.39, 0.29) is 6.04 Å². The van der Waals surface area contributed by atoms with Crippen molar-refractivity contribution < 1.29 is 4.21 Å². The van der Waals surface area contributed by atoms with Gasteiger partial charge in [0.05, 0.1) is 17.1 Å². The third kappa shape index (κ3) is 3.55. The third-order valence-electron chi connectivity index (χ3n) is 3.25. The van der Waals surface area contributed by atoms with Gasteiger partial charge in [-0.2, -0.15) is 0 Å². The van der Waals surface area contributed by atoms with E-state index in [9.17, 15) is 4.21 Å². The molecule has 1 aromatic carbocycles. The molecule has 1 heterocycles. The van der Waals surface area contributed by atoms with Crippen molar-refractivity contribution in [2.75, 3.05) is 25.6 Å². The Morgan fingerprint density at radius 1 is 1.53 bits per heavy atom. The second-order valence-electron chi connectivity index (χ2n) is 4.72. The van der Waals surface area contributed by atoms with Crippen LogP contribution in [0.3, 0.4) is 0 Å². The van der Waals surface area contributed by atoms with Gasteiger partial charge >= 0.3 is 0 Å². The van der Waals surface area contributed by atoms with Crippen LogP contribution in [0.2, 0.25) is 5.02 Å². The van der Waals surface area contributed by atoms with E-state index in [1.165, 1.54) is 0 Å². The van der Waals surface area contributed by atoms with E-state index in [0.717, 1.165) is 23.4 Å². The van der Waals surface area contributed by atoms with E-state index < -0.39 is 10.8 Å². The Morgan fingerprint density at radius 3 is 2.95 bits per heavy atom. The number of nitrogens with one attached hydrogen (secondary N) is 1. The summed E-state index contributed by atoms with van der Waals surface area (Å²) < 4.78 is 11.1. The van der Waals surface area contributed by atoms with Gasteiger partial charge in [0.25, 0.3) is 0 Å². The molecule has 2 aromatic rings. The van der Waals surface area contributed by atoms with Crippen molar-refractivity contribution in [2.24, 2.45) is 0 Å². The lowest BCUT2D eigenvalue weighted by molar-refractivity contribution is 0.269. The van der Waals surface area contributed by atoms with Gasteiger partial charge in [0.15, 0.2) is 0 Å². The van der Waals surface area contributed by atoms with Gasteiger partial charge in [0, 0.05) is 34.4 Å². The van der Waals surface area contributed by atoms with Crippen molar-refractivity contribution in [3.8, 4) is 0 Å². The van der Waals surface area contributed by atoms with Gasteiger partial charge in [-0.25, -0.2) is 4.98 Å². The summed E-state index contributed by atoms with van der Waals surface area (Å²) in [6.45, 7) is 2.86. The summed E-state index contributed by atoms with van der Waals surface area (Å²) in [5, 5.41) is 0.699. The van der Waals surface area contributed by atoms with E-state index in [4.69, 9.17) is 11.6 Å². The van der Waals surface area contributed by atoms with E-state index in [1.807, 2.05) is 25.2 Å². The van der Waals surface area contributed by atoms with Crippen molar-refractivity contribution in [2.45, 2.75) is 13.0 Å². The van der Waals surface area contributed by atoms with Gasteiger partial charge in [0.2, 0.25) is 0 Å². The molecule has 0 saturated carbocycles. The molecule has 0 fully saturated rings. The van der Waals surface area contributed by atoms with Crippen molar-refractivity contribution in [3.63, 3.8) is 0 Å². The Hall–Kier alpha value is -0.910. The quantitative estimate of drug-likeness (QED) is 0.923. The van der Waals surface area contributed by atoms with Gasteiger partial charge in [-0.05, 0) is 32.2 Å². The highest BCUT2D eigenvalue weighted by Gasteiger charge is 2.15. The molecule has 104 valence electrons. The Bertz CT molecular complexity index is 599. The molecule has 0 saturated heterocycles. The number of rotatable bonds is 5. The fourth-order valence-electron chi connectivity index (χ4n) is 1.87. The Kier molecular flexibility index (Phi) is 4.60. The number of nitrogens with zero attached hydrogens (tertiary/aromatic N) is 2. The molecule has 0 bridgehead atoms. The summed E-state index contributed by atoms with van der Waals surface area (Å²) >= 11 is 5.96. The van der Waals surface area contributed by atoms with Crippen LogP contribution in [0.4, 0.5) is 0 Å². The molecule has 0 aliphatic rings. The number of hydrogen-bond acceptors (Lipinski definition) is 3. The maximum atomic E-state index is 11.1. The van der Waals surface area contributed by atoms with Crippen LogP contribution in [-0.4, -0.2) is 44.7 Å². The van der Waals surface area contributed by atoms with Crippen LogP contribution in [0.5, 0.6) is 0 Å². The molecule has 0 radical (unpaired) electrons. The van der Waals surface area contributed by atoms with Crippen LogP contribution < -0.4 is 0 Å². The number of aromatic nitrogens is 2. The second kappa shape index (κ2) is 6.03. The van der Waals surface area contributed by atoms with Crippen molar-refractivity contribution in [1.29, 1.82) is 0 Å². The molecule has 2 atom stereocenters. The number of benzene rings is 1. The van der Waals surface area contributed by atoms with Gasteiger partial charge in [-0.1, -0.05) is 11.6 Å². The average Bonchev–Trinajstić information content (AvgIpc) is 2.77. The lowest BCUT2D eigenvalue weighted by Gasteiger charge is -2.22. The Labute approximate surface area is 120 Å². The van der Waals surface area contributed by atoms with Gasteiger partial charge < -0.3 is 4.98 Å². The molecule has 19 heavy (non-hydrogen) atoms. The highest BCUT2D eigenvalue weighted by Crippen LogP contribution is 2.22. The van der Waals surface area contributed by atoms with Crippen LogP contribution in [0.15, 0.2) is 18.2 Å². The lowest BCUT2D eigenvalue weighted by atomic mass is 10.3. The van der Waals surface area contributed by atoms with Crippen LogP contribution in [-0.2, 0) is 10.8 Å². The minimum Gasteiger partial charge on any atom is -0.341 e. The lowest BCUT2D eigenvalue weighted by Crippen LogP contribution is -2.27. The number of halogens is 1. The molecule has 1 aromatic heterocycles. The first-order chi connectivity index (χ1) is 8.97. The van der Waals surface area contributed by atoms with Crippen molar-refractivity contribution in [3.05, 3.63) is 29.0 Å². The van der Waals surface area contributed by atoms with Crippen LogP contribution in [0, 0.1) is 0 Å². The first kappa shape index (κ1) is 14.5. The minimum absolute atomic E-state index is 0.148. The SMILES string of the molecule is CC(c1nc2ccc(Cl)cc2[nH]1)N(C)CCS(C)=O.